The molecule has 1 aliphatic rings. The average molecular weight is 207 g/mol. The van der Waals surface area contributed by atoms with E-state index in [4.69, 9.17) is 10.5 Å². The van der Waals surface area contributed by atoms with Crippen LogP contribution >= 0.6 is 0 Å². The Bertz CT molecular complexity index is 404. The van der Waals surface area contributed by atoms with Crippen LogP contribution in [0.15, 0.2) is 12.1 Å². The SMILES string of the molecule is CC1(C)Oc2ccc(N)nc2NC1C=O. The fourth-order valence-corrected chi connectivity index (χ4v) is 1.51. The maximum atomic E-state index is 10.9. The Morgan fingerprint density at radius 3 is 3.00 bits per heavy atom. The lowest BCUT2D eigenvalue weighted by Crippen LogP contribution is -2.50. The van der Waals surface area contributed by atoms with E-state index in [2.05, 4.69) is 10.3 Å². The van der Waals surface area contributed by atoms with Gasteiger partial charge in [0.2, 0.25) is 0 Å². The third-order valence-electron chi connectivity index (χ3n) is 2.43. The Morgan fingerprint density at radius 1 is 1.60 bits per heavy atom. The first kappa shape index (κ1) is 9.76. The largest absolute Gasteiger partial charge is 0.481 e. The molecule has 1 aromatic rings. The molecular formula is C10H13N3O2. The molecule has 0 fully saturated rings. The monoisotopic (exact) mass is 207 g/mol. The number of ether oxygens (including phenoxy) is 1. The van der Waals surface area contributed by atoms with Crippen molar-refractivity contribution in [2.24, 2.45) is 0 Å². The first-order valence-corrected chi connectivity index (χ1v) is 4.70. The number of anilines is 2. The Labute approximate surface area is 87.6 Å². The molecule has 80 valence electrons. The van der Waals surface area contributed by atoms with Gasteiger partial charge in [0.05, 0.1) is 0 Å². The smallest absolute Gasteiger partial charge is 0.171 e. The van der Waals surface area contributed by atoms with Gasteiger partial charge in [-0.25, -0.2) is 4.98 Å². The van der Waals surface area contributed by atoms with Crippen molar-refractivity contribution in [3.8, 4) is 5.75 Å². The van der Waals surface area contributed by atoms with E-state index in [1.54, 1.807) is 12.1 Å². The molecule has 0 amide bonds. The summed E-state index contributed by atoms with van der Waals surface area (Å²) in [5.41, 5.74) is 4.96. The second-order valence-corrected chi connectivity index (χ2v) is 4.05. The van der Waals surface area contributed by atoms with Gasteiger partial charge in [0, 0.05) is 0 Å². The van der Waals surface area contributed by atoms with E-state index in [-0.39, 0.29) is 0 Å². The summed E-state index contributed by atoms with van der Waals surface area (Å²) in [5, 5.41) is 2.99. The number of aromatic nitrogens is 1. The number of nitrogens with one attached hydrogen (secondary N) is 1. The summed E-state index contributed by atoms with van der Waals surface area (Å²) in [6, 6.07) is 2.99. The van der Waals surface area contributed by atoms with Crippen LogP contribution in [0.1, 0.15) is 13.8 Å². The standard InChI is InChI=1S/C10H13N3O2/c1-10(2)7(5-14)12-9-6(15-10)3-4-8(11)13-9/h3-5,7H,1-2H3,(H3,11,12,13). The summed E-state index contributed by atoms with van der Waals surface area (Å²) < 4.78 is 5.67. The minimum Gasteiger partial charge on any atom is -0.481 e. The summed E-state index contributed by atoms with van der Waals surface area (Å²) in [6.07, 6.45) is 0.813. The van der Waals surface area contributed by atoms with E-state index in [1.165, 1.54) is 0 Å². The molecule has 0 bridgehead atoms. The van der Waals surface area contributed by atoms with E-state index in [0.717, 1.165) is 6.29 Å². The van der Waals surface area contributed by atoms with Gasteiger partial charge >= 0.3 is 0 Å². The van der Waals surface area contributed by atoms with Crippen LogP contribution in [0.5, 0.6) is 5.75 Å². The zero-order chi connectivity index (χ0) is 11.1. The minimum atomic E-state index is -0.577. The van der Waals surface area contributed by atoms with Crippen molar-refractivity contribution < 1.29 is 9.53 Å². The number of fused-ring (bicyclic) bond motifs is 1. The summed E-state index contributed by atoms with van der Waals surface area (Å²) in [5.74, 6) is 1.54. The third kappa shape index (κ3) is 1.60. The fraction of sp³-hybridized carbons (Fsp3) is 0.400. The van der Waals surface area contributed by atoms with Crippen molar-refractivity contribution in [1.82, 2.24) is 4.98 Å². The lowest BCUT2D eigenvalue weighted by molar-refractivity contribution is -0.112. The zero-order valence-electron chi connectivity index (χ0n) is 8.65. The summed E-state index contributed by atoms with van der Waals surface area (Å²) >= 11 is 0. The Kier molecular flexibility index (Phi) is 2.03. The number of rotatable bonds is 1. The number of nitrogens with zero attached hydrogens (tertiary/aromatic N) is 1. The Balaban J connectivity index is 2.42. The summed E-state index contributed by atoms with van der Waals surface area (Å²) in [7, 11) is 0. The van der Waals surface area contributed by atoms with Gasteiger partial charge in [-0.1, -0.05) is 0 Å². The highest BCUT2D eigenvalue weighted by Gasteiger charge is 2.37. The van der Waals surface area contributed by atoms with Gasteiger partial charge in [-0.2, -0.15) is 0 Å². The molecule has 5 nitrogen and oxygen atoms in total. The molecule has 0 saturated heterocycles. The number of hydrogen-bond donors (Lipinski definition) is 2. The maximum Gasteiger partial charge on any atom is 0.171 e. The highest BCUT2D eigenvalue weighted by Crippen LogP contribution is 2.34. The van der Waals surface area contributed by atoms with Crippen molar-refractivity contribution in [3.63, 3.8) is 0 Å². The summed E-state index contributed by atoms with van der Waals surface area (Å²) in [4.78, 5) is 14.9. The predicted molar refractivity (Wildman–Crippen MR) is 56.8 cm³/mol. The quantitative estimate of drug-likeness (QED) is 0.666. The minimum absolute atomic E-state index is 0.397. The second-order valence-electron chi connectivity index (χ2n) is 4.05. The molecule has 0 aliphatic carbocycles. The number of hydrogen-bond acceptors (Lipinski definition) is 5. The van der Waals surface area contributed by atoms with Crippen LogP contribution in [0.2, 0.25) is 0 Å². The van der Waals surface area contributed by atoms with Crippen molar-refractivity contribution in [2.45, 2.75) is 25.5 Å². The number of pyridine rings is 1. The molecule has 0 saturated carbocycles. The highest BCUT2D eigenvalue weighted by molar-refractivity contribution is 5.70. The maximum absolute atomic E-state index is 10.9. The number of nitrogen functional groups attached to an aromatic ring is 1. The summed E-state index contributed by atoms with van der Waals surface area (Å²) in [6.45, 7) is 3.69. The average Bonchev–Trinajstić information content (AvgIpc) is 2.17. The normalized spacial score (nSPS) is 22.1. The van der Waals surface area contributed by atoms with E-state index in [9.17, 15) is 4.79 Å². The van der Waals surface area contributed by atoms with Crippen LogP contribution in [0, 0.1) is 0 Å². The van der Waals surface area contributed by atoms with Crippen LogP contribution in [-0.2, 0) is 4.79 Å². The van der Waals surface area contributed by atoms with Crippen LogP contribution in [-0.4, -0.2) is 22.9 Å². The highest BCUT2D eigenvalue weighted by atomic mass is 16.5. The number of carbonyl (C=O) groups is 1. The number of carbonyl (C=O) groups excluding carboxylic acids is 1. The van der Waals surface area contributed by atoms with E-state index in [1.807, 2.05) is 13.8 Å². The molecule has 1 unspecified atom stereocenters. The second kappa shape index (κ2) is 3.12. The molecule has 0 radical (unpaired) electrons. The molecule has 1 aromatic heterocycles. The van der Waals surface area contributed by atoms with Gasteiger partial charge in [-0.15, -0.1) is 0 Å². The van der Waals surface area contributed by atoms with Crippen LogP contribution in [0.3, 0.4) is 0 Å². The first-order chi connectivity index (χ1) is 7.03. The van der Waals surface area contributed by atoms with Gasteiger partial charge in [-0.05, 0) is 26.0 Å². The van der Waals surface area contributed by atoms with Gasteiger partial charge < -0.3 is 20.6 Å². The van der Waals surface area contributed by atoms with Gasteiger partial charge in [0.15, 0.2) is 11.6 Å². The molecule has 1 atom stereocenters. The molecule has 2 heterocycles. The molecule has 5 heteroatoms. The molecule has 0 aromatic carbocycles. The third-order valence-corrected chi connectivity index (χ3v) is 2.43. The molecule has 15 heavy (non-hydrogen) atoms. The van der Waals surface area contributed by atoms with Crippen LogP contribution in [0.4, 0.5) is 11.6 Å². The van der Waals surface area contributed by atoms with Crippen molar-refractivity contribution >= 4 is 17.9 Å². The fourth-order valence-electron chi connectivity index (χ4n) is 1.51. The zero-order valence-corrected chi connectivity index (χ0v) is 8.65. The molecule has 2 rings (SSSR count). The van der Waals surface area contributed by atoms with E-state index >= 15 is 0 Å². The van der Waals surface area contributed by atoms with Crippen LogP contribution in [0.25, 0.3) is 0 Å². The predicted octanol–water partition coefficient (Wildman–Crippen LogP) is 0.814. The Hall–Kier alpha value is -1.78. The van der Waals surface area contributed by atoms with E-state index in [0.29, 0.717) is 17.4 Å². The number of aldehydes is 1. The molecule has 3 N–H and O–H groups in total. The topological polar surface area (TPSA) is 77.2 Å². The van der Waals surface area contributed by atoms with Gasteiger partial charge in [0.1, 0.15) is 23.7 Å². The molecular weight excluding hydrogens is 194 g/mol. The lowest BCUT2D eigenvalue weighted by atomic mass is 9.98. The van der Waals surface area contributed by atoms with Crippen LogP contribution < -0.4 is 15.8 Å². The van der Waals surface area contributed by atoms with Crippen molar-refractivity contribution in [1.29, 1.82) is 0 Å². The Morgan fingerprint density at radius 2 is 2.33 bits per heavy atom. The lowest BCUT2D eigenvalue weighted by Gasteiger charge is -2.37. The van der Waals surface area contributed by atoms with Gasteiger partial charge in [0.25, 0.3) is 0 Å². The molecule has 0 spiro atoms. The van der Waals surface area contributed by atoms with Crippen molar-refractivity contribution in [2.75, 3.05) is 11.1 Å². The first-order valence-electron chi connectivity index (χ1n) is 4.70. The number of nitrogens with two attached hydrogens (primary N) is 1. The van der Waals surface area contributed by atoms with Crippen molar-refractivity contribution in [3.05, 3.63) is 12.1 Å². The molecule has 1 aliphatic heterocycles. The van der Waals surface area contributed by atoms with E-state index < -0.39 is 11.6 Å². The van der Waals surface area contributed by atoms with Gasteiger partial charge in [-0.3, -0.25) is 0 Å².